The van der Waals surface area contributed by atoms with Gasteiger partial charge in [0.15, 0.2) is 0 Å². The second kappa shape index (κ2) is 9.21. The van der Waals surface area contributed by atoms with Crippen molar-refractivity contribution in [3.8, 4) is 11.1 Å². The van der Waals surface area contributed by atoms with Crippen LogP contribution in [-0.4, -0.2) is 51.6 Å². The van der Waals surface area contributed by atoms with E-state index in [2.05, 4.69) is 16.0 Å². The maximum atomic E-state index is 14.3. The third-order valence-electron chi connectivity index (χ3n) is 6.19. The van der Waals surface area contributed by atoms with Gasteiger partial charge in [0.1, 0.15) is 11.5 Å². The normalized spacial score (nSPS) is 16.4. The van der Waals surface area contributed by atoms with Gasteiger partial charge in [0.05, 0.1) is 42.8 Å². The smallest absolute Gasteiger partial charge is 0.251 e. The van der Waals surface area contributed by atoms with Crippen molar-refractivity contribution < 1.29 is 14.2 Å². The monoisotopic (exact) mass is 482 g/mol. The Kier molecular flexibility index (Phi) is 6.12. The molecule has 0 spiro atoms. The van der Waals surface area contributed by atoms with Crippen LogP contribution < -0.4 is 10.5 Å². The number of morpholine rings is 1. The fourth-order valence-corrected chi connectivity index (χ4v) is 4.57. The zero-order chi connectivity index (χ0) is 23.8. The molecule has 1 atom stereocenters. The van der Waals surface area contributed by atoms with Crippen molar-refractivity contribution in [3.05, 3.63) is 81.7 Å². The van der Waals surface area contributed by atoms with Crippen LogP contribution in [0.4, 0.5) is 10.1 Å². The number of nitrogens with zero attached hydrogens (tertiary/aromatic N) is 4. The molecule has 5 rings (SSSR count). The summed E-state index contributed by atoms with van der Waals surface area (Å²) in [5, 5.41) is 10.4. The molecule has 0 saturated carbocycles. The number of halogens is 2. The van der Waals surface area contributed by atoms with E-state index in [-0.39, 0.29) is 29.8 Å². The Labute approximate surface area is 200 Å². The molecule has 34 heavy (non-hydrogen) atoms. The van der Waals surface area contributed by atoms with Crippen molar-refractivity contribution in [2.24, 2.45) is 7.05 Å². The summed E-state index contributed by atoms with van der Waals surface area (Å²) in [6.07, 6.45) is 5.22. The van der Waals surface area contributed by atoms with Gasteiger partial charge >= 0.3 is 0 Å². The maximum Gasteiger partial charge on any atom is 0.251 e. The second-order valence-electron chi connectivity index (χ2n) is 8.43. The van der Waals surface area contributed by atoms with Crippen molar-refractivity contribution in [1.29, 1.82) is 0 Å². The minimum atomic E-state index is -0.514. The summed E-state index contributed by atoms with van der Waals surface area (Å²) in [6, 6.07) is 10.2. The number of rotatable bonds is 5. The van der Waals surface area contributed by atoms with Gasteiger partial charge < -0.3 is 23.9 Å². The predicted octanol–water partition coefficient (Wildman–Crippen LogP) is 3.44. The van der Waals surface area contributed by atoms with E-state index in [9.17, 15) is 14.3 Å². The molecule has 1 aromatic carbocycles. The van der Waals surface area contributed by atoms with Crippen molar-refractivity contribution in [2.75, 3.05) is 31.2 Å². The highest BCUT2D eigenvalue weighted by atomic mass is 35.5. The summed E-state index contributed by atoms with van der Waals surface area (Å²) in [4.78, 5) is 19.7. The van der Waals surface area contributed by atoms with E-state index in [1.54, 1.807) is 24.4 Å². The highest BCUT2D eigenvalue weighted by Crippen LogP contribution is 2.31. The molecule has 1 N–H and O–H groups in total. The van der Waals surface area contributed by atoms with E-state index in [0.29, 0.717) is 25.3 Å². The molecule has 0 radical (unpaired) electrons. The number of ether oxygens (including phenoxy) is 1. The van der Waals surface area contributed by atoms with Crippen LogP contribution in [0.1, 0.15) is 5.56 Å². The number of pyridine rings is 2. The molecule has 4 aromatic rings. The van der Waals surface area contributed by atoms with Crippen molar-refractivity contribution in [3.63, 3.8) is 0 Å². The van der Waals surface area contributed by atoms with E-state index < -0.39 is 5.82 Å². The van der Waals surface area contributed by atoms with Crippen LogP contribution in [0.25, 0.3) is 22.2 Å². The Morgan fingerprint density at radius 1 is 1.29 bits per heavy atom. The van der Waals surface area contributed by atoms with E-state index in [1.807, 2.05) is 30.1 Å². The lowest BCUT2D eigenvalue weighted by atomic mass is 10.1. The number of aliphatic hydroxyl groups excluding tert-OH is 1. The summed E-state index contributed by atoms with van der Waals surface area (Å²) in [5.41, 5.74) is 3.50. The average Bonchev–Trinajstić information content (AvgIpc) is 3.19. The minimum Gasteiger partial charge on any atom is -0.394 e. The molecule has 1 unspecified atom stereocenters. The number of aryl methyl sites for hydroxylation is 1. The van der Waals surface area contributed by atoms with E-state index >= 15 is 0 Å². The molecule has 9 heteroatoms. The van der Waals surface area contributed by atoms with E-state index in [1.165, 1.54) is 10.6 Å². The lowest BCUT2D eigenvalue weighted by Gasteiger charge is -2.33. The highest BCUT2D eigenvalue weighted by Gasteiger charge is 2.21. The third kappa shape index (κ3) is 4.20. The van der Waals surface area contributed by atoms with Crippen LogP contribution in [0.5, 0.6) is 0 Å². The van der Waals surface area contributed by atoms with Crippen LogP contribution in [0.15, 0.2) is 59.8 Å². The maximum absolute atomic E-state index is 14.3. The molecule has 1 fully saturated rings. The highest BCUT2D eigenvalue weighted by molar-refractivity contribution is 6.30. The van der Waals surface area contributed by atoms with Gasteiger partial charge in [0.25, 0.3) is 5.56 Å². The number of anilines is 1. The fraction of sp³-hybridized carbons (Fsp3) is 0.280. The first kappa shape index (κ1) is 22.6. The fourth-order valence-electron chi connectivity index (χ4n) is 4.38. The lowest BCUT2D eigenvalue weighted by Crippen LogP contribution is -2.44. The molecular weight excluding hydrogens is 459 g/mol. The topological polar surface area (TPSA) is 72.5 Å². The quantitative estimate of drug-likeness (QED) is 0.472. The Bertz CT molecular complexity index is 1420. The number of hydrogen-bond acceptors (Lipinski definition) is 5. The Morgan fingerprint density at radius 2 is 2.15 bits per heavy atom. The van der Waals surface area contributed by atoms with Gasteiger partial charge in [-0.15, -0.1) is 0 Å². The summed E-state index contributed by atoms with van der Waals surface area (Å²) >= 11 is 5.87. The molecule has 1 saturated heterocycles. The molecule has 176 valence electrons. The van der Waals surface area contributed by atoms with Crippen molar-refractivity contribution >= 4 is 28.3 Å². The second-order valence-corrected chi connectivity index (χ2v) is 8.84. The molecule has 7 nitrogen and oxygen atoms in total. The Morgan fingerprint density at radius 3 is 2.94 bits per heavy atom. The number of aromatic nitrogens is 3. The number of fused-ring (bicyclic) bond motifs is 1. The van der Waals surface area contributed by atoms with Crippen molar-refractivity contribution in [1.82, 2.24) is 14.1 Å². The zero-order valence-electron chi connectivity index (χ0n) is 18.6. The van der Waals surface area contributed by atoms with Gasteiger partial charge in [-0.1, -0.05) is 23.7 Å². The molecule has 1 aliphatic heterocycles. The average molecular weight is 483 g/mol. The van der Waals surface area contributed by atoms with Crippen molar-refractivity contribution in [2.45, 2.75) is 12.6 Å². The summed E-state index contributed by atoms with van der Waals surface area (Å²) < 4.78 is 23.2. The zero-order valence-corrected chi connectivity index (χ0v) is 19.4. The van der Waals surface area contributed by atoms with Gasteiger partial charge in [-0.05, 0) is 23.8 Å². The van der Waals surface area contributed by atoms with Gasteiger partial charge in [-0.25, -0.2) is 9.37 Å². The summed E-state index contributed by atoms with van der Waals surface area (Å²) in [7, 11) is 1.91. The molecular formula is C25H24ClFN4O3. The molecule has 0 amide bonds. The van der Waals surface area contributed by atoms with Gasteiger partial charge in [-0.2, -0.15) is 0 Å². The number of benzene rings is 1. The van der Waals surface area contributed by atoms with Crippen LogP contribution in [0, 0.1) is 5.82 Å². The van der Waals surface area contributed by atoms with Crippen LogP contribution in [0.2, 0.25) is 5.02 Å². The number of hydrogen-bond donors (Lipinski definition) is 1. The minimum absolute atomic E-state index is 0.0296. The molecule has 4 heterocycles. The molecule has 0 bridgehead atoms. The van der Waals surface area contributed by atoms with Crippen LogP contribution >= 0.6 is 11.6 Å². The Hall–Kier alpha value is -3.20. The largest absolute Gasteiger partial charge is 0.394 e. The Balaban J connectivity index is 1.49. The van der Waals surface area contributed by atoms with Gasteiger partial charge in [0, 0.05) is 55.1 Å². The molecule has 1 aliphatic rings. The lowest BCUT2D eigenvalue weighted by molar-refractivity contribution is 0.00356. The standard InChI is InChI=1S/C25H24ClFN4O3/c1-29-14-21(20-10-18(11-28-25(20)29)30-7-8-34-19(13-30)15-32)16-5-6-31(23(33)9-16)12-17-3-2-4-22(26)24(17)27/h2-6,9-11,14,19,32H,7-8,12-13,15H2,1H3. The first-order chi connectivity index (χ1) is 16.4. The molecule has 3 aromatic heterocycles. The first-order valence-corrected chi connectivity index (χ1v) is 11.4. The third-order valence-corrected chi connectivity index (χ3v) is 6.48. The summed E-state index contributed by atoms with van der Waals surface area (Å²) in [5.74, 6) is -0.514. The number of aliphatic hydroxyl groups is 1. The molecule has 0 aliphatic carbocycles. The predicted molar refractivity (Wildman–Crippen MR) is 130 cm³/mol. The van der Waals surface area contributed by atoms with Gasteiger partial charge in [0.2, 0.25) is 0 Å². The van der Waals surface area contributed by atoms with Crippen LogP contribution in [0.3, 0.4) is 0 Å². The van der Waals surface area contributed by atoms with Crippen LogP contribution in [-0.2, 0) is 18.3 Å². The van der Waals surface area contributed by atoms with E-state index in [0.717, 1.165) is 27.8 Å². The van der Waals surface area contributed by atoms with Gasteiger partial charge in [-0.3, -0.25) is 4.79 Å². The summed E-state index contributed by atoms with van der Waals surface area (Å²) in [6.45, 7) is 1.90. The SMILES string of the molecule is Cn1cc(-c2ccn(Cc3cccc(Cl)c3F)c(=O)c2)c2cc(N3CCOC(CO)C3)cnc21. The van der Waals surface area contributed by atoms with E-state index in [4.69, 9.17) is 16.3 Å². The first-order valence-electron chi connectivity index (χ1n) is 11.0.